The average Bonchev–Trinajstić information content (AvgIpc) is 2.78. The van der Waals surface area contributed by atoms with Crippen LogP contribution in [0.2, 0.25) is 0 Å². The van der Waals surface area contributed by atoms with E-state index in [1.54, 1.807) is 13.0 Å². The van der Waals surface area contributed by atoms with Crippen LogP contribution in [0.5, 0.6) is 5.75 Å². The molecule has 90 valence electrons. The van der Waals surface area contributed by atoms with Crippen LogP contribution in [0, 0.1) is 5.82 Å². The molecule has 0 aliphatic rings. The van der Waals surface area contributed by atoms with Gasteiger partial charge in [-0.05, 0) is 13.0 Å². The third-order valence-electron chi connectivity index (χ3n) is 2.23. The fraction of sp³-hybridized carbons (Fsp3) is 0.273. The summed E-state index contributed by atoms with van der Waals surface area (Å²) in [6.07, 6.45) is 1.21. The number of benzene rings is 1. The molecule has 6 heteroatoms. The van der Waals surface area contributed by atoms with E-state index in [0.717, 1.165) is 5.56 Å². The molecule has 0 fully saturated rings. The first-order chi connectivity index (χ1) is 8.16. The molecule has 0 radical (unpaired) electrons. The standard InChI is InChI=1S/C11H12FN3O2/c1-7(13)9-3-2-8(12)4-10(9)16-5-11-14-6-17-15-11/h2-4,6-7H,5,13H2,1H3/t7-/m1/s1. The molecule has 1 aromatic carbocycles. The molecule has 2 rings (SSSR count). The number of hydrogen-bond donors (Lipinski definition) is 1. The molecule has 1 aromatic heterocycles. The zero-order valence-electron chi connectivity index (χ0n) is 9.26. The van der Waals surface area contributed by atoms with Crippen LogP contribution in [-0.4, -0.2) is 10.1 Å². The maximum atomic E-state index is 13.1. The summed E-state index contributed by atoms with van der Waals surface area (Å²) in [6.45, 7) is 1.91. The fourth-order valence-corrected chi connectivity index (χ4v) is 1.41. The molecule has 0 aliphatic heterocycles. The Kier molecular flexibility index (Phi) is 3.34. The van der Waals surface area contributed by atoms with Crippen molar-refractivity contribution in [2.75, 3.05) is 0 Å². The van der Waals surface area contributed by atoms with Crippen molar-refractivity contribution in [1.82, 2.24) is 10.1 Å². The largest absolute Gasteiger partial charge is 0.485 e. The highest BCUT2D eigenvalue weighted by Gasteiger charge is 2.10. The molecule has 0 saturated carbocycles. The molecule has 2 aromatic rings. The molecule has 0 saturated heterocycles. The zero-order valence-corrected chi connectivity index (χ0v) is 9.26. The number of aromatic nitrogens is 2. The summed E-state index contributed by atoms with van der Waals surface area (Å²) in [7, 11) is 0. The van der Waals surface area contributed by atoms with E-state index in [1.807, 2.05) is 0 Å². The Morgan fingerprint density at radius 1 is 1.53 bits per heavy atom. The maximum absolute atomic E-state index is 13.1. The van der Waals surface area contributed by atoms with Crippen molar-refractivity contribution in [3.05, 3.63) is 41.8 Å². The Morgan fingerprint density at radius 2 is 2.35 bits per heavy atom. The average molecular weight is 237 g/mol. The molecular formula is C11H12FN3O2. The number of rotatable bonds is 4. The number of hydrogen-bond acceptors (Lipinski definition) is 5. The minimum Gasteiger partial charge on any atom is -0.485 e. The van der Waals surface area contributed by atoms with Crippen molar-refractivity contribution in [1.29, 1.82) is 0 Å². The van der Waals surface area contributed by atoms with Gasteiger partial charge >= 0.3 is 0 Å². The molecular weight excluding hydrogens is 225 g/mol. The van der Waals surface area contributed by atoms with E-state index < -0.39 is 0 Å². The topological polar surface area (TPSA) is 74.2 Å². The summed E-state index contributed by atoms with van der Waals surface area (Å²) in [4.78, 5) is 3.80. The van der Waals surface area contributed by atoms with E-state index in [2.05, 4.69) is 14.7 Å². The van der Waals surface area contributed by atoms with Crippen LogP contribution in [0.4, 0.5) is 4.39 Å². The van der Waals surface area contributed by atoms with Crippen LogP contribution in [0.3, 0.4) is 0 Å². The highest BCUT2D eigenvalue weighted by atomic mass is 19.1. The monoisotopic (exact) mass is 237 g/mol. The van der Waals surface area contributed by atoms with Gasteiger partial charge in [0.1, 0.15) is 11.6 Å². The van der Waals surface area contributed by atoms with Gasteiger partial charge in [0.2, 0.25) is 12.2 Å². The van der Waals surface area contributed by atoms with Crippen LogP contribution in [0.25, 0.3) is 0 Å². The Labute approximate surface area is 97.4 Å². The summed E-state index contributed by atoms with van der Waals surface area (Å²) < 4.78 is 23.1. The molecule has 2 N–H and O–H groups in total. The minimum atomic E-state index is -0.377. The third-order valence-corrected chi connectivity index (χ3v) is 2.23. The molecule has 1 heterocycles. The molecule has 5 nitrogen and oxygen atoms in total. The predicted molar refractivity (Wildman–Crippen MR) is 57.6 cm³/mol. The van der Waals surface area contributed by atoms with Crippen LogP contribution in [0.1, 0.15) is 24.4 Å². The number of ether oxygens (including phenoxy) is 1. The SMILES string of the molecule is C[C@@H](N)c1ccc(F)cc1OCc1ncon1. The Morgan fingerprint density at radius 3 is 3.00 bits per heavy atom. The highest BCUT2D eigenvalue weighted by Crippen LogP contribution is 2.25. The molecule has 17 heavy (non-hydrogen) atoms. The van der Waals surface area contributed by atoms with Gasteiger partial charge in [-0.2, -0.15) is 4.98 Å². The van der Waals surface area contributed by atoms with Crippen molar-refractivity contribution in [3.63, 3.8) is 0 Å². The molecule has 0 unspecified atom stereocenters. The first kappa shape index (κ1) is 11.5. The quantitative estimate of drug-likeness (QED) is 0.877. The van der Waals surface area contributed by atoms with Crippen LogP contribution in [0.15, 0.2) is 29.1 Å². The number of nitrogens with two attached hydrogens (primary N) is 1. The first-order valence-corrected chi connectivity index (χ1v) is 5.10. The van der Waals surface area contributed by atoms with E-state index in [9.17, 15) is 4.39 Å². The summed E-state index contributed by atoms with van der Waals surface area (Å²) in [5.74, 6) is 0.409. The van der Waals surface area contributed by atoms with E-state index >= 15 is 0 Å². The second-order valence-corrected chi connectivity index (χ2v) is 3.61. The molecule has 0 amide bonds. The lowest BCUT2D eigenvalue weighted by molar-refractivity contribution is 0.281. The van der Waals surface area contributed by atoms with Crippen molar-refractivity contribution >= 4 is 0 Å². The lowest BCUT2D eigenvalue weighted by atomic mass is 10.1. The van der Waals surface area contributed by atoms with Gasteiger partial charge in [-0.25, -0.2) is 4.39 Å². The van der Waals surface area contributed by atoms with Crippen molar-refractivity contribution < 1.29 is 13.7 Å². The van der Waals surface area contributed by atoms with E-state index in [4.69, 9.17) is 10.5 Å². The van der Waals surface area contributed by atoms with Gasteiger partial charge in [0.05, 0.1) is 0 Å². The summed E-state index contributed by atoms with van der Waals surface area (Å²) >= 11 is 0. The molecule has 0 spiro atoms. The second kappa shape index (κ2) is 4.92. The lowest BCUT2D eigenvalue weighted by Crippen LogP contribution is -2.08. The van der Waals surface area contributed by atoms with Gasteiger partial charge in [-0.15, -0.1) is 0 Å². The van der Waals surface area contributed by atoms with Crippen LogP contribution < -0.4 is 10.5 Å². The van der Waals surface area contributed by atoms with Crippen LogP contribution in [-0.2, 0) is 6.61 Å². The summed E-state index contributed by atoms with van der Waals surface area (Å²) in [5.41, 5.74) is 6.49. The van der Waals surface area contributed by atoms with Gasteiger partial charge in [-0.3, -0.25) is 0 Å². The van der Waals surface area contributed by atoms with Gasteiger partial charge < -0.3 is 15.0 Å². The predicted octanol–water partition coefficient (Wildman–Crippen LogP) is 1.81. The molecule has 0 aliphatic carbocycles. The second-order valence-electron chi connectivity index (χ2n) is 3.61. The van der Waals surface area contributed by atoms with E-state index in [-0.39, 0.29) is 18.5 Å². The van der Waals surface area contributed by atoms with Gasteiger partial charge in [0.15, 0.2) is 6.61 Å². The van der Waals surface area contributed by atoms with E-state index in [0.29, 0.717) is 11.6 Å². The first-order valence-electron chi connectivity index (χ1n) is 5.10. The van der Waals surface area contributed by atoms with Crippen molar-refractivity contribution in [3.8, 4) is 5.75 Å². The Hall–Kier alpha value is -1.95. The Balaban J connectivity index is 2.16. The summed E-state index contributed by atoms with van der Waals surface area (Å²) in [5, 5.41) is 3.59. The van der Waals surface area contributed by atoms with Crippen molar-refractivity contribution in [2.24, 2.45) is 5.73 Å². The Bertz CT molecular complexity index is 485. The highest BCUT2D eigenvalue weighted by molar-refractivity contribution is 5.36. The molecule has 1 atom stereocenters. The minimum absolute atomic E-state index is 0.111. The van der Waals surface area contributed by atoms with Crippen molar-refractivity contribution in [2.45, 2.75) is 19.6 Å². The van der Waals surface area contributed by atoms with E-state index in [1.165, 1.54) is 18.5 Å². The van der Waals surface area contributed by atoms with Gasteiger partial charge in [0.25, 0.3) is 0 Å². The summed E-state index contributed by atoms with van der Waals surface area (Å²) in [6, 6.07) is 4.00. The molecule has 0 bridgehead atoms. The number of halogens is 1. The maximum Gasteiger partial charge on any atom is 0.213 e. The van der Waals surface area contributed by atoms with Gasteiger partial charge in [-0.1, -0.05) is 11.2 Å². The number of nitrogens with zero attached hydrogens (tertiary/aromatic N) is 2. The lowest BCUT2D eigenvalue weighted by Gasteiger charge is -2.12. The van der Waals surface area contributed by atoms with Gasteiger partial charge in [0, 0.05) is 17.7 Å². The van der Waals surface area contributed by atoms with Crippen LogP contribution >= 0.6 is 0 Å². The normalized spacial score (nSPS) is 12.4. The third kappa shape index (κ3) is 2.79. The zero-order chi connectivity index (χ0) is 12.3. The smallest absolute Gasteiger partial charge is 0.213 e. The fourth-order valence-electron chi connectivity index (χ4n) is 1.41.